The topological polar surface area (TPSA) is 95.4 Å². The number of likely N-dealkylation sites (tertiary alicyclic amines) is 1. The molecule has 1 aromatic heterocycles. The number of hydrogen-bond donors (Lipinski definition) is 2. The molecule has 1 unspecified atom stereocenters. The maximum Gasteiger partial charge on any atom is 0.313 e. The number of piperidine rings is 1. The Morgan fingerprint density at radius 3 is 3.04 bits per heavy atom. The van der Waals surface area contributed by atoms with Crippen LogP contribution in [-0.4, -0.2) is 49.8 Å². The Hall–Kier alpha value is -2.06. The lowest BCUT2D eigenvalue weighted by molar-refractivity contribution is -0.146. The Kier molecular flexibility index (Phi) is 4.82. The maximum absolute atomic E-state index is 12.5. The second-order valence-electron chi connectivity index (χ2n) is 5.55. The van der Waals surface area contributed by atoms with Gasteiger partial charge in [0.2, 0.25) is 0 Å². The van der Waals surface area contributed by atoms with E-state index in [2.05, 4.69) is 14.1 Å². The Balaban J connectivity index is 1.74. The van der Waals surface area contributed by atoms with Gasteiger partial charge in [0, 0.05) is 19.2 Å². The number of fused-ring (bicyclic) bond motifs is 1. The largest absolute Gasteiger partial charge is 0.396 e. The molecule has 1 aromatic carbocycles. The Bertz CT molecular complexity index is 716. The SMILES string of the molecule is O=C(Nc1cccc2nsnc12)C(=O)N1CCCCC1CCO. The third-order valence-electron chi connectivity index (χ3n) is 4.08. The van der Waals surface area contributed by atoms with Crippen LogP contribution in [0.1, 0.15) is 25.7 Å². The molecular formula is C15H18N4O3S. The van der Waals surface area contributed by atoms with Crippen LogP contribution < -0.4 is 5.32 Å². The van der Waals surface area contributed by atoms with Crippen LogP contribution in [0.4, 0.5) is 5.69 Å². The summed E-state index contributed by atoms with van der Waals surface area (Å²) in [5.41, 5.74) is 1.77. The summed E-state index contributed by atoms with van der Waals surface area (Å²) in [6.45, 7) is 0.569. The molecule has 122 valence electrons. The zero-order chi connectivity index (χ0) is 16.2. The van der Waals surface area contributed by atoms with Crippen LogP contribution in [-0.2, 0) is 9.59 Å². The van der Waals surface area contributed by atoms with Gasteiger partial charge in [0.1, 0.15) is 11.0 Å². The first-order valence-corrected chi connectivity index (χ1v) is 8.38. The quantitative estimate of drug-likeness (QED) is 0.827. The van der Waals surface area contributed by atoms with Crippen molar-refractivity contribution in [2.45, 2.75) is 31.7 Å². The monoisotopic (exact) mass is 334 g/mol. The van der Waals surface area contributed by atoms with E-state index in [9.17, 15) is 9.59 Å². The summed E-state index contributed by atoms with van der Waals surface area (Å²) in [5.74, 6) is -1.22. The maximum atomic E-state index is 12.5. The normalized spacial score (nSPS) is 18.1. The fourth-order valence-electron chi connectivity index (χ4n) is 2.93. The van der Waals surface area contributed by atoms with Crippen LogP contribution in [0.25, 0.3) is 11.0 Å². The molecular weight excluding hydrogens is 316 g/mol. The number of nitrogens with one attached hydrogen (secondary N) is 1. The molecule has 0 bridgehead atoms. The average molecular weight is 334 g/mol. The Morgan fingerprint density at radius 2 is 2.22 bits per heavy atom. The molecule has 2 heterocycles. The molecule has 0 aliphatic carbocycles. The van der Waals surface area contributed by atoms with Crippen molar-refractivity contribution < 1.29 is 14.7 Å². The number of carbonyl (C=O) groups is 2. The number of aliphatic hydroxyl groups excluding tert-OH is 1. The molecule has 1 aliphatic heterocycles. The smallest absolute Gasteiger partial charge is 0.313 e. The highest BCUT2D eigenvalue weighted by Crippen LogP contribution is 2.23. The summed E-state index contributed by atoms with van der Waals surface area (Å²) < 4.78 is 8.26. The van der Waals surface area contributed by atoms with Gasteiger partial charge in [0.05, 0.1) is 17.4 Å². The molecule has 3 rings (SSSR count). The van der Waals surface area contributed by atoms with Crippen molar-refractivity contribution in [3.05, 3.63) is 18.2 Å². The van der Waals surface area contributed by atoms with Gasteiger partial charge in [-0.15, -0.1) is 0 Å². The Labute approximate surface area is 137 Å². The average Bonchev–Trinajstić information content (AvgIpc) is 3.05. The minimum atomic E-state index is -0.671. The standard InChI is InChI=1S/C15H18N4O3S/c20-9-7-10-4-1-2-8-19(10)15(22)14(21)16-11-5-3-6-12-13(11)18-23-17-12/h3,5-6,10,20H,1-2,4,7-9H2,(H,16,21). The minimum Gasteiger partial charge on any atom is -0.396 e. The van der Waals surface area contributed by atoms with Crippen molar-refractivity contribution in [3.63, 3.8) is 0 Å². The molecule has 1 fully saturated rings. The lowest BCUT2D eigenvalue weighted by atomic mass is 9.99. The first-order valence-electron chi connectivity index (χ1n) is 7.65. The molecule has 1 saturated heterocycles. The van der Waals surface area contributed by atoms with Crippen LogP contribution in [0.5, 0.6) is 0 Å². The minimum absolute atomic E-state index is 0.0138. The number of benzene rings is 1. The predicted octanol–water partition coefficient (Wildman–Crippen LogP) is 1.39. The number of rotatable bonds is 3. The number of aromatic nitrogens is 2. The van der Waals surface area contributed by atoms with Gasteiger partial charge in [-0.3, -0.25) is 9.59 Å². The van der Waals surface area contributed by atoms with Gasteiger partial charge < -0.3 is 15.3 Å². The van der Waals surface area contributed by atoms with E-state index >= 15 is 0 Å². The van der Waals surface area contributed by atoms with E-state index in [0.29, 0.717) is 29.7 Å². The van der Waals surface area contributed by atoms with Crippen LogP contribution in [0.15, 0.2) is 18.2 Å². The van der Waals surface area contributed by atoms with E-state index < -0.39 is 11.8 Å². The van der Waals surface area contributed by atoms with Gasteiger partial charge in [-0.05, 0) is 37.8 Å². The summed E-state index contributed by atoms with van der Waals surface area (Å²) in [6.07, 6.45) is 3.22. The number of anilines is 1. The van der Waals surface area contributed by atoms with Crippen LogP contribution in [0, 0.1) is 0 Å². The molecule has 1 aliphatic rings. The molecule has 2 amide bonds. The molecule has 2 N–H and O–H groups in total. The van der Waals surface area contributed by atoms with Crippen molar-refractivity contribution in [2.75, 3.05) is 18.5 Å². The second kappa shape index (κ2) is 7.01. The van der Waals surface area contributed by atoms with Crippen LogP contribution in [0.3, 0.4) is 0 Å². The summed E-state index contributed by atoms with van der Waals surface area (Å²) in [7, 11) is 0. The molecule has 0 spiro atoms. The lowest BCUT2D eigenvalue weighted by Gasteiger charge is -2.35. The number of nitrogens with zero attached hydrogens (tertiary/aromatic N) is 3. The first kappa shape index (κ1) is 15.8. The number of hydrogen-bond acceptors (Lipinski definition) is 6. The predicted molar refractivity (Wildman–Crippen MR) is 87.1 cm³/mol. The summed E-state index contributed by atoms with van der Waals surface area (Å²) in [5, 5.41) is 11.8. The molecule has 8 heteroatoms. The fraction of sp³-hybridized carbons (Fsp3) is 0.467. The molecule has 0 saturated carbocycles. The molecule has 23 heavy (non-hydrogen) atoms. The van der Waals surface area contributed by atoms with E-state index in [1.807, 2.05) is 0 Å². The van der Waals surface area contributed by atoms with Gasteiger partial charge in [0.15, 0.2) is 0 Å². The van der Waals surface area contributed by atoms with E-state index in [-0.39, 0.29) is 12.6 Å². The molecule has 2 aromatic rings. The van der Waals surface area contributed by atoms with Gasteiger partial charge >= 0.3 is 11.8 Å². The van der Waals surface area contributed by atoms with Crippen molar-refractivity contribution >= 4 is 40.3 Å². The fourth-order valence-corrected chi connectivity index (χ4v) is 3.48. The van der Waals surface area contributed by atoms with E-state index in [0.717, 1.165) is 31.0 Å². The third-order valence-corrected chi connectivity index (χ3v) is 4.62. The highest BCUT2D eigenvalue weighted by Gasteiger charge is 2.30. The lowest BCUT2D eigenvalue weighted by Crippen LogP contribution is -2.48. The highest BCUT2D eigenvalue weighted by molar-refractivity contribution is 7.00. The van der Waals surface area contributed by atoms with Gasteiger partial charge in [-0.25, -0.2) is 0 Å². The number of amides is 2. The van der Waals surface area contributed by atoms with Crippen LogP contribution in [0.2, 0.25) is 0 Å². The van der Waals surface area contributed by atoms with Crippen LogP contribution >= 0.6 is 11.7 Å². The van der Waals surface area contributed by atoms with Gasteiger partial charge in [-0.1, -0.05) is 6.07 Å². The number of aliphatic hydroxyl groups is 1. The highest BCUT2D eigenvalue weighted by atomic mass is 32.1. The summed E-state index contributed by atoms with van der Waals surface area (Å²) >= 11 is 1.06. The molecule has 1 atom stereocenters. The van der Waals surface area contributed by atoms with Gasteiger partial charge in [0.25, 0.3) is 0 Å². The zero-order valence-corrected chi connectivity index (χ0v) is 13.4. The second-order valence-corrected chi connectivity index (χ2v) is 6.08. The third kappa shape index (κ3) is 3.32. The molecule has 0 radical (unpaired) electrons. The Morgan fingerprint density at radius 1 is 1.35 bits per heavy atom. The summed E-state index contributed by atoms with van der Waals surface area (Å²) in [6, 6.07) is 5.21. The molecule has 7 nitrogen and oxygen atoms in total. The first-order chi connectivity index (χ1) is 11.2. The van der Waals surface area contributed by atoms with E-state index in [1.54, 1.807) is 23.1 Å². The zero-order valence-electron chi connectivity index (χ0n) is 12.6. The van der Waals surface area contributed by atoms with Crippen molar-refractivity contribution in [1.82, 2.24) is 13.6 Å². The van der Waals surface area contributed by atoms with Crippen molar-refractivity contribution in [2.24, 2.45) is 0 Å². The van der Waals surface area contributed by atoms with Gasteiger partial charge in [-0.2, -0.15) is 8.75 Å². The van der Waals surface area contributed by atoms with Crippen molar-refractivity contribution in [1.29, 1.82) is 0 Å². The van der Waals surface area contributed by atoms with E-state index in [1.165, 1.54) is 0 Å². The van der Waals surface area contributed by atoms with E-state index in [4.69, 9.17) is 5.11 Å². The van der Waals surface area contributed by atoms with Crippen molar-refractivity contribution in [3.8, 4) is 0 Å². The summed E-state index contributed by atoms with van der Waals surface area (Å²) in [4.78, 5) is 26.4. The number of carbonyl (C=O) groups excluding carboxylic acids is 2.